The predicted octanol–water partition coefficient (Wildman–Crippen LogP) is 4.89. The molecule has 3 aromatic rings. The molecule has 0 bridgehead atoms. The third kappa shape index (κ3) is 6.55. The number of carbonyl (C=O) groups excluding carboxylic acids is 2. The van der Waals surface area contributed by atoms with Crippen LogP contribution in [0.3, 0.4) is 0 Å². The van der Waals surface area contributed by atoms with Gasteiger partial charge in [-0.15, -0.1) is 0 Å². The summed E-state index contributed by atoms with van der Waals surface area (Å²) in [6.45, 7) is 3.92. The molecular weight excluding hydrogens is 523 g/mol. The Labute approximate surface area is 231 Å². The molecule has 1 aliphatic rings. The number of nitrogens with one attached hydrogen (secondary N) is 1. The number of ether oxygens (including phenoxy) is 1. The first-order chi connectivity index (χ1) is 18.7. The van der Waals surface area contributed by atoms with Crippen molar-refractivity contribution in [3.63, 3.8) is 0 Å². The molecule has 39 heavy (non-hydrogen) atoms. The number of aliphatic hydroxyl groups is 1. The maximum absolute atomic E-state index is 15.7. The van der Waals surface area contributed by atoms with Crippen molar-refractivity contribution in [1.29, 1.82) is 0 Å². The maximum Gasteiger partial charge on any atom is 0.412 e. The van der Waals surface area contributed by atoms with E-state index in [1.54, 1.807) is 6.07 Å². The Morgan fingerprint density at radius 1 is 1.26 bits per heavy atom. The van der Waals surface area contributed by atoms with E-state index in [9.17, 15) is 14.7 Å². The minimum Gasteiger partial charge on any atom is -0.447 e. The van der Waals surface area contributed by atoms with Crippen molar-refractivity contribution >= 4 is 29.3 Å². The lowest BCUT2D eigenvalue weighted by Gasteiger charge is -2.30. The Morgan fingerprint density at radius 3 is 2.67 bits per heavy atom. The molecule has 1 fully saturated rings. The lowest BCUT2D eigenvalue weighted by Crippen LogP contribution is -2.46. The van der Waals surface area contributed by atoms with Crippen LogP contribution < -0.4 is 11.1 Å². The van der Waals surface area contributed by atoms with Crippen LogP contribution in [0.4, 0.5) is 15.0 Å². The van der Waals surface area contributed by atoms with Crippen LogP contribution in [0.1, 0.15) is 59.8 Å². The minimum atomic E-state index is -1.10. The van der Waals surface area contributed by atoms with E-state index < -0.39 is 30.0 Å². The van der Waals surface area contributed by atoms with Crippen LogP contribution in [-0.4, -0.2) is 51.8 Å². The van der Waals surface area contributed by atoms with Crippen molar-refractivity contribution in [1.82, 2.24) is 15.2 Å². The van der Waals surface area contributed by atoms with Gasteiger partial charge in [-0.25, -0.2) is 14.2 Å². The Kier molecular flexibility index (Phi) is 9.16. The summed E-state index contributed by atoms with van der Waals surface area (Å²) in [5, 5.41) is 14.3. The molecule has 0 aliphatic carbocycles. The first-order valence-electron chi connectivity index (χ1n) is 12.9. The number of halogens is 2. The first-order valence-corrected chi connectivity index (χ1v) is 13.2. The van der Waals surface area contributed by atoms with E-state index in [2.05, 4.69) is 10.3 Å². The second-order valence-electron chi connectivity index (χ2n) is 9.70. The number of carbonyl (C=O) groups is 2. The number of aliphatic hydroxyl groups excluding tert-OH is 1. The summed E-state index contributed by atoms with van der Waals surface area (Å²) in [4.78, 5) is 30.8. The summed E-state index contributed by atoms with van der Waals surface area (Å²) in [5.74, 6) is -1.07. The second-order valence-corrected chi connectivity index (χ2v) is 10.1. The number of anilines is 1. The Bertz CT molecular complexity index is 1310. The van der Waals surface area contributed by atoms with Gasteiger partial charge in [-0.05, 0) is 43.5 Å². The molecule has 1 saturated heterocycles. The molecule has 0 spiro atoms. The molecule has 1 aromatic heterocycles. The van der Waals surface area contributed by atoms with E-state index in [1.165, 1.54) is 29.3 Å². The van der Waals surface area contributed by atoms with Crippen molar-refractivity contribution in [3.8, 4) is 0 Å². The normalized spacial score (nSPS) is 17.5. The van der Waals surface area contributed by atoms with E-state index in [1.807, 2.05) is 44.2 Å². The number of nitrogens with two attached hydrogens (primary N) is 1. The zero-order chi connectivity index (χ0) is 28.1. The van der Waals surface area contributed by atoms with Gasteiger partial charge in [-0.2, -0.15) is 0 Å². The van der Waals surface area contributed by atoms with E-state index in [0.717, 1.165) is 5.56 Å². The van der Waals surface area contributed by atoms with Gasteiger partial charge in [0, 0.05) is 35.8 Å². The average Bonchev–Trinajstić information content (AvgIpc) is 3.28. The largest absolute Gasteiger partial charge is 0.447 e. The number of hydrogen-bond donors (Lipinski definition) is 3. The van der Waals surface area contributed by atoms with Crippen LogP contribution in [0.2, 0.25) is 5.02 Å². The van der Waals surface area contributed by atoms with Gasteiger partial charge in [-0.1, -0.05) is 54.9 Å². The molecule has 2 aromatic carbocycles. The highest BCUT2D eigenvalue weighted by Gasteiger charge is 2.38. The van der Waals surface area contributed by atoms with Crippen molar-refractivity contribution in [2.24, 2.45) is 0 Å². The Hall–Kier alpha value is -3.53. The van der Waals surface area contributed by atoms with E-state index in [-0.39, 0.29) is 52.6 Å². The molecule has 1 aliphatic heterocycles. The third-order valence-electron chi connectivity index (χ3n) is 6.87. The van der Waals surface area contributed by atoms with Crippen LogP contribution in [0.25, 0.3) is 0 Å². The van der Waals surface area contributed by atoms with Crippen LogP contribution >= 0.6 is 11.6 Å². The minimum absolute atomic E-state index is 0.00611. The number of pyridine rings is 1. The van der Waals surface area contributed by atoms with E-state index in [4.69, 9.17) is 22.1 Å². The number of benzene rings is 2. The fourth-order valence-electron chi connectivity index (χ4n) is 4.88. The van der Waals surface area contributed by atoms with E-state index >= 15 is 4.39 Å². The average molecular weight is 555 g/mol. The van der Waals surface area contributed by atoms with Gasteiger partial charge < -0.3 is 20.9 Å². The second kappa shape index (κ2) is 12.5. The number of amides is 1. The smallest absolute Gasteiger partial charge is 0.412 e. The molecular formula is C29H32ClFN4O4. The fourth-order valence-corrected chi connectivity index (χ4v) is 5.11. The lowest BCUT2D eigenvalue weighted by atomic mass is 9.96. The molecule has 4 atom stereocenters. The third-order valence-corrected chi connectivity index (χ3v) is 7.18. The van der Waals surface area contributed by atoms with Crippen molar-refractivity contribution in [2.75, 3.05) is 12.3 Å². The van der Waals surface area contributed by atoms with E-state index in [0.29, 0.717) is 12.8 Å². The van der Waals surface area contributed by atoms with Gasteiger partial charge in [-0.3, -0.25) is 9.69 Å². The number of nitrogens with zero attached hydrogens (tertiary/aromatic N) is 2. The summed E-state index contributed by atoms with van der Waals surface area (Å²) < 4.78 is 21.0. The van der Waals surface area contributed by atoms with Crippen molar-refractivity contribution in [3.05, 3.63) is 93.9 Å². The van der Waals surface area contributed by atoms with Crippen LogP contribution in [0.15, 0.2) is 60.8 Å². The van der Waals surface area contributed by atoms with Crippen LogP contribution in [-0.2, 0) is 11.2 Å². The Balaban J connectivity index is 1.47. The summed E-state index contributed by atoms with van der Waals surface area (Å²) in [5.41, 5.74) is 6.84. The van der Waals surface area contributed by atoms with Gasteiger partial charge in [0.25, 0.3) is 0 Å². The zero-order valence-electron chi connectivity index (χ0n) is 21.8. The lowest BCUT2D eigenvalue weighted by molar-refractivity contribution is 0.00691. The highest BCUT2D eigenvalue weighted by molar-refractivity contribution is 6.35. The van der Waals surface area contributed by atoms with Gasteiger partial charge >= 0.3 is 6.09 Å². The summed E-state index contributed by atoms with van der Waals surface area (Å²) >= 11 is 6.25. The molecule has 4 rings (SSSR count). The Morgan fingerprint density at radius 2 is 2.00 bits per heavy atom. The molecule has 1 amide bonds. The zero-order valence-corrected chi connectivity index (χ0v) is 22.6. The quantitative estimate of drug-likeness (QED) is 0.289. The molecule has 10 heteroatoms. The number of rotatable bonds is 11. The van der Waals surface area contributed by atoms with Gasteiger partial charge in [0.2, 0.25) is 0 Å². The number of ketones is 1. The molecule has 4 N–H and O–H groups in total. The van der Waals surface area contributed by atoms with Crippen molar-refractivity contribution < 1.29 is 23.8 Å². The van der Waals surface area contributed by atoms with Crippen LogP contribution in [0.5, 0.6) is 0 Å². The van der Waals surface area contributed by atoms with Gasteiger partial charge in [0.15, 0.2) is 5.78 Å². The summed E-state index contributed by atoms with van der Waals surface area (Å²) in [6.07, 6.45) is 0.867. The molecule has 206 valence electrons. The predicted molar refractivity (Wildman–Crippen MR) is 147 cm³/mol. The summed E-state index contributed by atoms with van der Waals surface area (Å²) in [6, 6.07) is 14.6. The molecule has 0 saturated carbocycles. The number of hydrogen-bond acceptors (Lipinski definition) is 7. The summed E-state index contributed by atoms with van der Waals surface area (Å²) in [7, 11) is 0. The van der Waals surface area contributed by atoms with Crippen molar-refractivity contribution in [2.45, 2.75) is 57.5 Å². The van der Waals surface area contributed by atoms with Gasteiger partial charge in [0.05, 0.1) is 16.6 Å². The maximum atomic E-state index is 15.7. The number of aromatic nitrogens is 1. The fraction of sp³-hybridized carbons (Fsp3) is 0.345. The number of cyclic esters (lactones) is 1. The highest BCUT2D eigenvalue weighted by Crippen LogP contribution is 2.30. The number of nitrogen functional groups attached to an aromatic ring is 1. The monoisotopic (exact) mass is 554 g/mol. The topological polar surface area (TPSA) is 118 Å². The highest BCUT2D eigenvalue weighted by atomic mass is 35.5. The SMILES string of the molecule is CC[C@@H](NC(C)CC(O)N1C(=O)OC[C@H]1Cc1ccccc1)c1ccc(Cl)c(C(=O)c2ccc(N)nc2)c1F. The van der Waals surface area contributed by atoms with Gasteiger partial charge in [0.1, 0.15) is 24.5 Å². The molecule has 8 nitrogen and oxygen atoms in total. The molecule has 2 unspecified atom stereocenters. The molecule has 0 radical (unpaired) electrons. The molecule has 2 heterocycles. The first kappa shape index (κ1) is 28.5. The standard InChI is InChI=1S/C29H32ClFN4O4/c1-3-23(21-10-11-22(30)26(27(21)31)28(37)19-9-12-24(32)33-15-19)34-17(2)13-25(36)35-20(16-39-29(35)38)14-18-7-5-4-6-8-18/h4-12,15,17,20,23,25,34,36H,3,13-14,16H2,1-2H3,(H2,32,33)/t17?,20-,23-,25?/m1/s1. The van der Waals surface area contributed by atoms with Crippen LogP contribution in [0, 0.1) is 5.82 Å².